The predicted molar refractivity (Wildman–Crippen MR) is 110 cm³/mol. The minimum atomic E-state index is -0.510. The molecular formula is C19H19N5O4S. The molecule has 0 saturated heterocycles. The number of amides is 1. The van der Waals surface area contributed by atoms with Crippen molar-refractivity contribution in [1.82, 2.24) is 14.8 Å². The predicted octanol–water partition coefficient (Wildman–Crippen LogP) is 3.52. The molecule has 10 heteroatoms. The number of nitro benzene ring substituents is 1. The Morgan fingerprint density at radius 2 is 1.93 bits per heavy atom. The van der Waals surface area contributed by atoms with E-state index in [1.807, 2.05) is 0 Å². The number of nitro groups is 1. The number of hydrogen-bond donors (Lipinski definition) is 2. The first-order chi connectivity index (χ1) is 13.8. The van der Waals surface area contributed by atoms with Gasteiger partial charge in [-0.1, -0.05) is 17.8 Å². The molecule has 1 aromatic heterocycles. The third-order valence-electron chi connectivity index (χ3n) is 4.30. The van der Waals surface area contributed by atoms with Gasteiger partial charge in [0.05, 0.1) is 15.9 Å². The van der Waals surface area contributed by atoms with E-state index in [9.17, 15) is 20.0 Å². The first kappa shape index (κ1) is 20.3. The summed E-state index contributed by atoms with van der Waals surface area (Å²) in [5.41, 5.74) is 1.83. The van der Waals surface area contributed by atoms with Crippen LogP contribution in [0.4, 0.5) is 11.4 Å². The molecule has 0 radical (unpaired) electrons. The molecule has 0 spiro atoms. The van der Waals surface area contributed by atoms with Gasteiger partial charge in [-0.3, -0.25) is 14.9 Å². The molecule has 0 aliphatic heterocycles. The van der Waals surface area contributed by atoms with Crippen molar-refractivity contribution in [2.24, 2.45) is 7.05 Å². The number of aromatic nitrogens is 3. The molecule has 1 unspecified atom stereocenters. The number of thioether (sulfide) groups is 1. The molecule has 0 fully saturated rings. The van der Waals surface area contributed by atoms with Crippen LogP contribution >= 0.6 is 11.8 Å². The molecule has 2 N–H and O–H groups in total. The molecule has 9 nitrogen and oxygen atoms in total. The van der Waals surface area contributed by atoms with Crippen molar-refractivity contribution in [1.29, 1.82) is 0 Å². The van der Waals surface area contributed by atoms with Gasteiger partial charge in [0, 0.05) is 24.7 Å². The maximum absolute atomic E-state index is 12.6. The summed E-state index contributed by atoms with van der Waals surface area (Å²) in [4.78, 5) is 23.0. The van der Waals surface area contributed by atoms with Crippen LogP contribution in [0.3, 0.4) is 0 Å². The van der Waals surface area contributed by atoms with Gasteiger partial charge >= 0.3 is 0 Å². The highest BCUT2D eigenvalue weighted by molar-refractivity contribution is 8.00. The van der Waals surface area contributed by atoms with Crippen molar-refractivity contribution in [2.45, 2.75) is 24.3 Å². The molecule has 1 atom stereocenters. The molecule has 3 aromatic rings. The lowest BCUT2D eigenvalue weighted by atomic mass is 10.2. The van der Waals surface area contributed by atoms with Crippen LogP contribution in [0.5, 0.6) is 5.75 Å². The summed E-state index contributed by atoms with van der Waals surface area (Å²) < 4.78 is 1.76. The van der Waals surface area contributed by atoms with E-state index in [-0.39, 0.29) is 17.3 Å². The molecule has 0 aliphatic carbocycles. The van der Waals surface area contributed by atoms with E-state index in [1.54, 1.807) is 55.8 Å². The minimum absolute atomic E-state index is 0.0851. The first-order valence-electron chi connectivity index (χ1n) is 8.67. The topological polar surface area (TPSA) is 123 Å². The quantitative estimate of drug-likeness (QED) is 0.360. The van der Waals surface area contributed by atoms with Crippen LogP contribution in [0.2, 0.25) is 0 Å². The smallest absolute Gasteiger partial charge is 0.271 e. The lowest BCUT2D eigenvalue weighted by Gasteiger charge is -2.13. The van der Waals surface area contributed by atoms with Crippen LogP contribution < -0.4 is 5.32 Å². The number of benzene rings is 2. The van der Waals surface area contributed by atoms with E-state index in [4.69, 9.17) is 0 Å². The number of nitrogens with one attached hydrogen (secondary N) is 1. The maximum Gasteiger partial charge on any atom is 0.271 e. The number of hydrogen-bond acceptors (Lipinski definition) is 7. The largest absolute Gasteiger partial charge is 0.508 e. The summed E-state index contributed by atoms with van der Waals surface area (Å²) in [7, 11) is 1.79. The zero-order valence-corrected chi connectivity index (χ0v) is 16.8. The van der Waals surface area contributed by atoms with Gasteiger partial charge in [0.1, 0.15) is 5.75 Å². The third kappa shape index (κ3) is 4.54. The van der Waals surface area contributed by atoms with E-state index in [1.165, 1.54) is 23.9 Å². The standard InChI is InChI=1S/C19H19N5O4S/c1-11-4-7-14(24(27)28)10-16(11)20-18(26)12(2)29-19-22-21-17(23(19)3)13-5-8-15(25)9-6-13/h4-10,12,25H,1-3H3,(H,20,26). The van der Waals surface area contributed by atoms with Crippen LogP contribution in [0.15, 0.2) is 47.6 Å². The number of nitrogens with zero attached hydrogens (tertiary/aromatic N) is 4. The van der Waals surface area contributed by atoms with Gasteiger partial charge in [-0.2, -0.15) is 0 Å². The number of aromatic hydroxyl groups is 1. The molecule has 150 valence electrons. The fourth-order valence-electron chi connectivity index (χ4n) is 2.58. The highest BCUT2D eigenvalue weighted by atomic mass is 32.2. The average Bonchev–Trinajstić information content (AvgIpc) is 3.04. The Morgan fingerprint density at radius 3 is 2.59 bits per heavy atom. The Labute approximate surface area is 170 Å². The number of carbonyl (C=O) groups excluding carboxylic acids is 1. The van der Waals surface area contributed by atoms with Crippen LogP contribution in [-0.4, -0.2) is 36.0 Å². The molecule has 0 saturated carbocycles. The number of phenolic OH excluding ortho intramolecular Hbond substituents is 1. The van der Waals surface area contributed by atoms with Crippen molar-refractivity contribution in [3.63, 3.8) is 0 Å². The second-order valence-electron chi connectivity index (χ2n) is 6.42. The molecule has 2 aromatic carbocycles. The first-order valence-corrected chi connectivity index (χ1v) is 9.55. The van der Waals surface area contributed by atoms with Crippen molar-refractivity contribution < 1.29 is 14.8 Å². The minimum Gasteiger partial charge on any atom is -0.508 e. The highest BCUT2D eigenvalue weighted by Crippen LogP contribution is 2.28. The van der Waals surface area contributed by atoms with Gasteiger partial charge in [-0.15, -0.1) is 10.2 Å². The van der Waals surface area contributed by atoms with E-state index in [0.717, 1.165) is 11.1 Å². The number of carbonyl (C=O) groups is 1. The second kappa shape index (κ2) is 8.31. The fourth-order valence-corrected chi connectivity index (χ4v) is 3.40. The van der Waals surface area contributed by atoms with Gasteiger partial charge in [-0.25, -0.2) is 0 Å². The van der Waals surface area contributed by atoms with Crippen LogP contribution in [0, 0.1) is 17.0 Å². The number of anilines is 1. The molecular weight excluding hydrogens is 394 g/mol. The summed E-state index contributed by atoms with van der Waals surface area (Å²) >= 11 is 1.23. The van der Waals surface area contributed by atoms with Gasteiger partial charge in [0.2, 0.25) is 5.91 Å². The van der Waals surface area contributed by atoms with Crippen molar-refractivity contribution in [3.8, 4) is 17.1 Å². The Kier molecular flexibility index (Phi) is 5.83. The van der Waals surface area contributed by atoms with Crippen LogP contribution in [-0.2, 0) is 11.8 Å². The van der Waals surface area contributed by atoms with Gasteiger partial charge in [0.15, 0.2) is 11.0 Å². The molecule has 0 bridgehead atoms. The van der Waals surface area contributed by atoms with Crippen molar-refractivity contribution in [2.75, 3.05) is 5.32 Å². The molecule has 1 heterocycles. The van der Waals surface area contributed by atoms with E-state index in [0.29, 0.717) is 16.7 Å². The summed E-state index contributed by atoms with van der Waals surface area (Å²) in [6.07, 6.45) is 0. The summed E-state index contributed by atoms with van der Waals surface area (Å²) in [6, 6.07) is 10.9. The van der Waals surface area contributed by atoms with Crippen molar-refractivity contribution in [3.05, 3.63) is 58.1 Å². The van der Waals surface area contributed by atoms with Crippen molar-refractivity contribution >= 4 is 29.0 Å². The normalized spacial score (nSPS) is 11.8. The molecule has 0 aliphatic rings. The summed E-state index contributed by atoms with van der Waals surface area (Å²) in [5.74, 6) is 0.467. The lowest BCUT2D eigenvalue weighted by Crippen LogP contribution is -2.23. The number of rotatable bonds is 6. The average molecular weight is 413 g/mol. The SMILES string of the molecule is Cc1ccc([N+](=O)[O-])cc1NC(=O)C(C)Sc1nnc(-c2ccc(O)cc2)n1C. The molecule has 1 amide bonds. The number of aryl methyl sites for hydroxylation is 1. The Balaban J connectivity index is 1.73. The summed E-state index contributed by atoms with van der Waals surface area (Å²) in [5, 5.41) is 31.5. The van der Waals surface area contributed by atoms with Crippen LogP contribution in [0.25, 0.3) is 11.4 Å². The van der Waals surface area contributed by atoms with Gasteiger partial charge in [0.25, 0.3) is 5.69 Å². The Bertz CT molecular complexity index is 1060. The number of phenols is 1. The fraction of sp³-hybridized carbons (Fsp3) is 0.211. The Morgan fingerprint density at radius 1 is 1.24 bits per heavy atom. The zero-order valence-electron chi connectivity index (χ0n) is 16.0. The third-order valence-corrected chi connectivity index (χ3v) is 5.44. The summed E-state index contributed by atoms with van der Waals surface area (Å²) in [6.45, 7) is 3.49. The monoisotopic (exact) mass is 413 g/mol. The van der Waals surface area contributed by atoms with Crippen LogP contribution in [0.1, 0.15) is 12.5 Å². The van der Waals surface area contributed by atoms with E-state index in [2.05, 4.69) is 15.5 Å². The van der Waals surface area contributed by atoms with Gasteiger partial charge in [-0.05, 0) is 43.7 Å². The Hall–Kier alpha value is -3.40. The van der Waals surface area contributed by atoms with E-state index >= 15 is 0 Å². The van der Waals surface area contributed by atoms with Gasteiger partial charge < -0.3 is 15.0 Å². The highest BCUT2D eigenvalue weighted by Gasteiger charge is 2.21. The zero-order chi connectivity index (χ0) is 21.1. The lowest BCUT2D eigenvalue weighted by molar-refractivity contribution is -0.384. The molecule has 29 heavy (non-hydrogen) atoms. The second-order valence-corrected chi connectivity index (χ2v) is 7.73. The maximum atomic E-state index is 12.6. The number of non-ortho nitro benzene ring substituents is 1. The molecule has 3 rings (SSSR count). The van der Waals surface area contributed by atoms with E-state index < -0.39 is 10.2 Å².